The average molecular weight is 348 g/mol. The van der Waals surface area contributed by atoms with E-state index in [0.29, 0.717) is 10.9 Å². The van der Waals surface area contributed by atoms with Gasteiger partial charge in [-0.05, 0) is 12.1 Å². The number of aromatic amines is 1. The molecule has 0 fully saturated rings. The van der Waals surface area contributed by atoms with Gasteiger partial charge in [0.15, 0.2) is 0 Å². The van der Waals surface area contributed by atoms with Crippen LogP contribution in [-0.4, -0.2) is 65.5 Å². The van der Waals surface area contributed by atoms with Crippen LogP contribution in [0.4, 0.5) is 0 Å². The maximum Gasteiger partial charge on any atom is 0.126 e. The van der Waals surface area contributed by atoms with Gasteiger partial charge in [0.2, 0.25) is 0 Å². The van der Waals surface area contributed by atoms with Crippen molar-refractivity contribution in [1.29, 1.82) is 0 Å². The van der Waals surface area contributed by atoms with E-state index in [0.717, 1.165) is 10.9 Å². The summed E-state index contributed by atoms with van der Waals surface area (Å²) >= 11 is 0. The molecular weight excluding hydrogens is 328 g/mol. The molecular formula is C17H20N2O6. The zero-order valence-corrected chi connectivity index (χ0v) is 13.2. The number of H-pyrrole nitrogens is 1. The molecule has 2 heterocycles. The van der Waals surface area contributed by atoms with Crippen LogP contribution in [0.5, 0.6) is 0 Å². The highest BCUT2D eigenvalue weighted by Gasteiger charge is 2.33. The van der Waals surface area contributed by atoms with Gasteiger partial charge < -0.3 is 35.6 Å². The minimum absolute atomic E-state index is 0.0365. The zero-order valence-electron chi connectivity index (χ0n) is 13.2. The molecule has 0 saturated heterocycles. The van der Waals surface area contributed by atoms with Crippen molar-refractivity contribution in [3.8, 4) is 0 Å². The molecule has 0 aliphatic heterocycles. The summed E-state index contributed by atoms with van der Waals surface area (Å²) in [7, 11) is 0. The van der Waals surface area contributed by atoms with Crippen LogP contribution >= 0.6 is 0 Å². The highest BCUT2D eigenvalue weighted by Crippen LogP contribution is 2.32. The highest BCUT2D eigenvalue weighted by atomic mass is 16.4. The minimum Gasteiger partial charge on any atom is -0.394 e. The lowest BCUT2D eigenvalue weighted by molar-refractivity contribution is -0.116. The van der Waals surface area contributed by atoms with Crippen LogP contribution < -0.4 is 0 Å². The van der Waals surface area contributed by atoms with Gasteiger partial charge in [0.05, 0.1) is 30.1 Å². The van der Waals surface area contributed by atoms with Crippen molar-refractivity contribution in [1.82, 2.24) is 9.97 Å². The number of fused-ring (bicyclic) bond motifs is 3. The second-order valence-corrected chi connectivity index (χ2v) is 5.93. The normalized spacial score (nSPS) is 16.9. The minimum atomic E-state index is -1.78. The molecule has 0 amide bonds. The molecule has 8 heteroatoms. The molecule has 25 heavy (non-hydrogen) atoms. The fourth-order valence-corrected chi connectivity index (χ4v) is 2.90. The number of hydrogen-bond acceptors (Lipinski definition) is 7. The predicted molar refractivity (Wildman–Crippen MR) is 89.6 cm³/mol. The third-order valence-electron chi connectivity index (χ3n) is 4.27. The summed E-state index contributed by atoms with van der Waals surface area (Å²) < 4.78 is 0. The van der Waals surface area contributed by atoms with Crippen molar-refractivity contribution in [3.63, 3.8) is 0 Å². The molecule has 1 aromatic carbocycles. The van der Waals surface area contributed by atoms with Crippen molar-refractivity contribution in [2.45, 2.75) is 31.0 Å². The molecule has 0 saturated carbocycles. The van der Waals surface area contributed by atoms with Crippen LogP contribution in [0, 0.1) is 0 Å². The molecule has 3 aromatic rings. The van der Waals surface area contributed by atoms with Crippen LogP contribution in [0.25, 0.3) is 21.8 Å². The molecule has 0 aliphatic rings. The lowest BCUT2D eigenvalue weighted by Gasteiger charge is -2.25. The Labute approximate surface area is 142 Å². The summed E-state index contributed by atoms with van der Waals surface area (Å²) in [5.41, 5.74) is 1.56. The maximum absolute atomic E-state index is 10.5. The average Bonchev–Trinajstić information content (AvgIpc) is 3.03. The summed E-state index contributed by atoms with van der Waals surface area (Å²) in [6.07, 6.45) is -6.79. The predicted octanol–water partition coefficient (Wildman–Crippen LogP) is -0.683. The fraction of sp³-hybridized carbons (Fsp3) is 0.353. The van der Waals surface area contributed by atoms with Crippen molar-refractivity contribution in [2.75, 3.05) is 6.61 Å². The molecule has 0 unspecified atom stereocenters. The number of aliphatic hydroxyl groups is 6. The molecule has 0 spiro atoms. The first kappa shape index (κ1) is 17.7. The van der Waals surface area contributed by atoms with E-state index in [-0.39, 0.29) is 18.0 Å². The fourth-order valence-electron chi connectivity index (χ4n) is 2.90. The van der Waals surface area contributed by atoms with Gasteiger partial charge in [0.1, 0.15) is 24.4 Å². The van der Waals surface area contributed by atoms with Crippen LogP contribution in [0.2, 0.25) is 0 Å². The Bertz CT molecular complexity index is 880. The molecule has 0 aliphatic carbocycles. The molecule has 7 N–H and O–H groups in total. The van der Waals surface area contributed by atoms with Gasteiger partial charge in [-0.15, -0.1) is 0 Å². The number of rotatable bonds is 6. The molecule has 134 valence electrons. The Hall–Kier alpha value is -2.07. The maximum atomic E-state index is 10.5. The molecule has 8 nitrogen and oxygen atoms in total. The van der Waals surface area contributed by atoms with Crippen LogP contribution in [0.1, 0.15) is 17.5 Å². The number of pyridine rings is 1. The largest absolute Gasteiger partial charge is 0.394 e. The number of benzene rings is 1. The monoisotopic (exact) mass is 348 g/mol. The summed E-state index contributed by atoms with van der Waals surface area (Å²) in [6, 6.07) is 9.07. The second-order valence-electron chi connectivity index (χ2n) is 5.93. The van der Waals surface area contributed by atoms with E-state index in [9.17, 15) is 25.5 Å². The Morgan fingerprint density at radius 1 is 0.960 bits per heavy atom. The summed E-state index contributed by atoms with van der Waals surface area (Å²) in [5.74, 6) is 0. The molecule has 0 radical (unpaired) electrons. The van der Waals surface area contributed by atoms with E-state index in [4.69, 9.17) is 5.11 Å². The Balaban J connectivity index is 2.14. The second kappa shape index (κ2) is 7.04. The summed E-state index contributed by atoms with van der Waals surface area (Å²) in [6.45, 7) is -1.13. The quantitative estimate of drug-likeness (QED) is 0.312. The van der Waals surface area contributed by atoms with Gasteiger partial charge in [0, 0.05) is 16.3 Å². The number of para-hydroxylation sites is 1. The number of nitrogens with zero attached hydrogens (tertiary/aromatic N) is 1. The summed E-state index contributed by atoms with van der Waals surface area (Å²) in [4.78, 5) is 7.26. The van der Waals surface area contributed by atoms with Crippen molar-refractivity contribution >= 4 is 21.8 Å². The molecule has 4 atom stereocenters. The lowest BCUT2D eigenvalue weighted by Crippen LogP contribution is -2.43. The third kappa shape index (κ3) is 3.11. The van der Waals surface area contributed by atoms with Crippen LogP contribution in [0.15, 0.2) is 30.3 Å². The van der Waals surface area contributed by atoms with Gasteiger partial charge in [0.25, 0.3) is 0 Å². The van der Waals surface area contributed by atoms with Gasteiger partial charge in [-0.3, -0.25) is 4.98 Å². The van der Waals surface area contributed by atoms with Crippen molar-refractivity contribution in [3.05, 3.63) is 41.7 Å². The van der Waals surface area contributed by atoms with E-state index in [1.54, 1.807) is 6.07 Å². The van der Waals surface area contributed by atoms with E-state index < -0.39 is 31.0 Å². The lowest BCUT2D eigenvalue weighted by atomic mass is 9.99. The number of aromatic nitrogens is 2. The van der Waals surface area contributed by atoms with Crippen molar-refractivity contribution < 1.29 is 30.6 Å². The number of aliphatic hydroxyl groups excluding tert-OH is 6. The van der Waals surface area contributed by atoms with E-state index in [1.165, 1.54) is 0 Å². The first-order chi connectivity index (χ1) is 12.0. The number of hydrogen-bond donors (Lipinski definition) is 7. The number of nitrogens with one attached hydrogen (secondary N) is 1. The van der Waals surface area contributed by atoms with Gasteiger partial charge >= 0.3 is 0 Å². The van der Waals surface area contributed by atoms with E-state index in [2.05, 4.69) is 9.97 Å². The molecule has 3 rings (SSSR count). The first-order valence-corrected chi connectivity index (χ1v) is 7.82. The highest BCUT2D eigenvalue weighted by molar-refractivity contribution is 6.08. The Morgan fingerprint density at radius 3 is 2.36 bits per heavy atom. The molecule has 0 bridgehead atoms. The SMILES string of the molecule is OCc1cc2c([nH]c3ccccc32)c([C@H](O)[C@@H](O)[C@@H](O)[C@H](O)CO)n1. The van der Waals surface area contributed by atoms with E-state index >= 15 is 0 Å². The Kier molecular flexibility index (Phi) is 5.00. The van der Waals surface area contributed by atoms with Crippen LogP contribution in [0.3, 0.4) is 0 Å². The van der Waals surface area contributed by atoms with Gasteiger partial charge in [-0.1, -0.05) is 18.2 Å². The zero-order chi connectivity index (χ0) is 18.1. The smallest absolute Gasteiger partial charge is 0.126 e. The van der Waals surface area contributed by atoms with E-state index in [1.807, 2.05) is 24.3 Å². The summed E-state index contributed by atoms with van der Waals surface area (Å²) in [5, 5.41) is 59.9. The Morgan fingerprint density at radius 2 is 1.68 bits per heavy atom. The third-order valence-corrected chi connectivity index (χ3v) is 4.27. The first-order valence-electron chi connectivity index (χ1n) is 7.82. The van der Waals surface area contributed by atoms with Gasteiger partial charge in [-0.25, -0.2) is 0 Å². The van der Waals surface area contributed by atoms with Crippen LogP contribution in [-0.2, 0) is 6.61 Å². The topological polar surface area (TPSA) is 150 Å². The standard InChI is InChI=1S/C17H20N2O6/c20-6-8-5-10-9-3-1-2-4-11(9)19-13(10)14(18-8)16(24)17(25)15(23)12(22)7-21/h1-5,12,15-17,19-25H,6-7H2/t12-,15+,16+,17+/m1/s1. The van der Waals surface area contributed by atoms with Crippen molar-refractivity contribution in [2.24, 2.45) is 0 Å². The molecule has 2 aromatic heterocycles. The van der Waals surface area contributed by atoms with Gasteiger partial charge in [-0.2, -0.15) is 0 Å².